The summed E-state index contributed by atoms with van der Waals surface area (Å²) in [6.07, 6.45) is -2.08. The first-order chi connectivity index (χ1) is 6.60. The summed E-state index contributed by atoms with van der Waals surface area (Å²) >= 11 is 3.11. The summed E-state index contributed by atoms with van der Waals surface area (Å²) in [6.45, 7) is 1.47. The van der Waals surface area contributed by atoms with Gasteiger partial charge in [-0.15, -0.1) is 0 Å². The van der Waals surface area contributed by atoms with Crippen LogP contribution in [0.5, 0.6) is 0 Å². The zero-order valence-electron chi connectivity index (χ0n) is 7.43. The monoisotopic (exact) mass is 263 g/mol. The van der Waals surface area contributed by atoms with Crippen LogP contribution in [-0.2, 0) is 5.33 Å². The largest absolute Gasteiger partial charge is 0.296 e. The summed E-state index contributed by atoms with van der Waals surface area (Å²) in [7, 11) is 0. The van der Waals surface area contributed by atoms with Crippen LogP contribution in [0.3, 0.4) is 0 Å². The van der Waals surface area contributed by atoms with Crippen LogP contribution in [0.2, 0.25) is 0 Å². The predicted octanol–water partition coefficient (Wildman–Crippen LogP) is 3.04. The van der Waals surface area contributed by atoms with Gasteiger partial charge in [-0.25, -0.2) is 13.8 Å². The number of aldehydes is 1. The summed E-state index contributed by atoms with van der Waals surface area (Å²) in [6, 6.07) is 1.31. The molecule has 0 aromatic carbocycles. The van der Waals surface area contributed by atoms with Crippen molar-refractivity contribution in [1.82, 2.24) is 4.98 Å². The molecular weight excluding hydrogens is 256 g/mol. The van der Waals surface area contributed by atoms with Gasteiger partial charge in [-0.05, 0) is 18.6 Å². The molecule has 0 aliphatic rings. The number of alkyl halides is 3. The normalized spacial score (nSPS) is 10.6. The van der Waals surface area contributed by atoms with Crippen molar-refractivity contribution in [3.8, 4) is 0 Å². The summed E-state index contributed by atoms with van der Waals surface area (Å²) in [5.41, 5.74) is 0.640. The molecule has 0 N–H and O–H groups in total. The molecule has 1 aromatic heterocycles. The maximum absolute atomic E-state index is 12.5. The molecule has 0 fully saturated rings. The van der Waals surface area contributed by atoms with E-state index in [1.807, 2.05) is 0 Å². The minimum atomic E-state index is -2.57. The molecule has 2 nitrogen and oxygen atoms in total. The van der Waals surface area contributed by atoms with Gasteiger partial charge >= 0.3 is 0 Å². The molecule has 1 heterocycles. The minimum absolute atomic E-state index is 0.0808. The Labute approximate surface area is 88.5 Å². The first-order valence-corrected chi connectivity index (χ1v) is 5.02. The van der Waals surface area contributed by atoms with Gasteiger partial charge in [0.2, 0.25) is 0 Å². The van der Waals surface area contributed by atoms with E-state index in [4.69, 9.17) is 0 Å². The third-order valence-corrected chi connectivity index (χ3v) is 2.46. The molecule has 0 saturated carbocycles. The number of aromatic nitrogens is 1. The van der Waals surface area contributed by atoms with Crippen LogP contribution in [0.25, 0.3) is 0 Å². The third kappa shape index (κ3) is 2.15. The average Bonchev–Trinajstić information content (AvgIpc) is 2.17. The van der Waals surface area contributed by atoms with Gasteiger partial charge in [0, 0.05) is 10.9 Å². The number of carbonyl (C=O) groups excluding carboxylic acids is 1. The number of nitrogens with zero attached hydrogens (tertiary/aromatic N) is 1. The van der Waals surface area contributed by atoms with Gasteiger partial charge in [0.25, 0.3) is 6.43 Å². The topological polar surface area (TPSA) is 30.0 Å². The SMILES string of the molecule is Cc1c(C(F)F)cc(CBr)nc1C=O. The van der Waals surface area contributed by atoms with E-state index in [2.05, 4.69) is 20.9 Å². The fourth-order valence-electron chi connectivity index (χ4n) is 1.12. The lowest BCUT2D eigenvalue weighted by molar-refractivity contribution is 0.111. The highest BCUT2D eigenvalue weighted by Crippen LogP contribution is 2.25. The number of carbonyl (C=O) groups is 1. The van der Waals surface area contributed by atoms with Crippen LogP contribution in [0.1, 0.15) is 33.7 Å². The van der Waals surface area contributed by atoms with Gasteiger partial charge in [-0.3, -0.25) is 4.79 Å². The lowest BCUT2D eigenvalue weighted by Crippen LogP contribution is -2.02. The molecule has 0 unspecified atom stereocenters. The molecule has 0 bridgehead atoms. The number of hydrogen-bond acceptors (Lipinski definition) is 2. The van der Waals surface area contributed by atoms with Crippen molar-refractivity contribution in [3.05, 3.63) is 28.6 Å². The van der Waals surface area contributed by atoms with Gasteiger partial charge in [0.15, 0.2) is 6.29 Å². The Kier molecular flexibility index (Phi) is 3.69. The maximum atomic E-state index is 12.5. The Hall–Kier alpha value is -0.840. The molecule has 0 aliphatic carbocycles. The van der Waals surface area contributed by atoms with Crippen molar-refractivity contribution < 1.29 is 13.6 Å². The van der Waals surface area contributed by atoms with Crippen LogP contribution >= 0.6 is 15.9 Å². The van der Waals surface area contributed by atoms with Crippen molar-refractivity contribution in [2.45, 2.75) is 18.7 Å². The minimum Gasteiger partial charge on any atom is -0.296 e. The Morgan fingerprint density at radius 3 is 2.71 bits per heavy atom. The zero-order chi connectivity index (χ0) is 10.7. The molecule has 1 aromatic rings. The Morgan fingerprint density at radius 1 is 1.64 bits per heavy atom. The van der Waals surface area contributed by atoms with E-state index in [-0.39, 0.29) is 16.8 Å². The van der Waals surface area contributed by atoms with E-state index in [0.29, 0.717) is 17.3 Å². The highest BCUT2D eigenvalue weighted by molar-refractivity contribution is 9.08. The second-order valence-corrected chi connectivity index (χ2v) is 3.33. The van der Waals surface area contributed by atoms with Gasteiger partial charge in [-0.1, -0.05) is 15.9 Å². The molecule has 0 radical (unpaired) electrons. The summed E-state index contributed by atoms with van der Waals surface area (Å²) < 4.78 is 25.0. The third-order valence-electron chi connectivity index (χ3n) is 1.89. The molecule has 0 saturated heterocycles. The number of hydrogen-bond donors (Lipinski definition) is 0. The first kappa shape index (κ1) is 11.2. The Balaban J connectivity index is 3.34. The molecule has 76 valence electrons. The fourth-order valence-corrected chi connectivity index (χ4v) is 1.40. The zero-order valence-corrected chi connectivity index (χ0v) is 9.01. The van der Waals surface area contributed by atoms with Gasteiger partial charge in [-0.2, -0.15) is 0 Å². The van der Waals surface area contributed by atoms with Gasteiger partial charge in [0.1, 0.15) is 5.69 Å². The lowest BCUT2D eigenvalue weighted by atomic mass is 10.1. The van der Waals surface area contributed by atoms with E-state index in [1.54, 1.807) is 0 Å². The van der Waals surface area contributed by atoms with Crippen LogP contribution < -0.4 is 0 Å². The van der Waals surface area contributed by atoms with Crippen molar-refractivity contribution in [2.24, 2.45) is 0 Å². The summed E-state index contributed by atoms with van der Waals surface area (Å²) in [5, 5.41) is 0.355. The Bertz CT molecular complexity index is 355. The van der Waals surface area contributed by atoms with Gasteiger partial charge in [0.05, 0.1) is 5.69 Å². The standard InChI is InChI=1S/C9H8BrF2NO/c1-5-7(9(11)12)2-6(3-10)13-8(5)4-14/h2,4,9H,3H2,1H3. The number of halogens is 3. The number of rotatable bonds is 3. The molecule has 0 amide bonds. The van der Waals surface area contributed by atoms with E-state index < -0.39 is 6.43 Å². The van der Waals surface area contributed by atoms with Crippen LogP contribution in [0.15, 0.2) is 6.07 Å². The number of pyridine rings is 1. The maximum Gasteiger partial charge on any atom is 0.264 e. The summed E-state index contributed by atoms with van der Waals surface area (Å²) in [4.78, 5) is 14.5. The molecule has 14 heavy (non-hydrogen) atoms. The molecule has 0 spiro atoms. The quantitative estimate of drug-likeness (QED) is 0.620. The molecule has 0 atom stereocenters. The summed E-state index contributed by atoms with van der Waals surface area (Å²) in [5.74, 6) is 0. The predicted molar refractivity (Wildman–Crippen MR) is 51.9 cm³/mol. The van der Waals surface area contributed by atoms with E-state index in [9.17, 15) is 13.6 Å². The second-order valence-electron chi connectivity index (χ2n) is 2.77. The Morgan fingerprint density at radius 2 is 2.29 bits per heavy atom. The van der Waals surface area contributed by atoms with E-state index in [0.717, 1.165) is 0 Å². The van der Waals surface area contributed by atoms with E-state index >= 15 is 0 Å². The highest BCUT2D eigenvalue weighted by Gasteiger charge is 2.15. The van der Waals surface area contributed by atoms with Crippen LogP contribution in [0.4, 0.5) is 8.78 Å². The first-order valence-electron chi connectivity index (χ1n) is 3.89. The van der Waals surface area contributed by atoms with Crippen molar-refractivity contribution in [1.29, 1.82) is 0 Å². The van der Waals surface area contributed by atoms with E-state index in [1.165, 1.54) is 13.0 Å². The molecule has 0 aliphatic heterocycles. The van der Waals surface area contributed by atoms with Crippen molar-refractivity contribution in [3.63, 3.8) is 0 Å². The second kappa shape index (κ2) is 4.59. The van der Waals surface area contributed by atoms with Gasteiger partial charge < -0.3 is 0 Å². The smallest absolute Gasteiger partial charge is 0.264 e. The molecule has 5 heteroatoms. The molecular formula is C9H8BrF2NO. The molecule has 1 rings (SSSR count). The van der Waals surface area contributed by atoms with Crippen LogP contribution in [-0.4, -0.2) is 11.3 Å². The average molecular weight is 264 g/mol. The highest BCUT2D eigenvalue weighted by atomic mass is 79.9. The lowest BCUT2D eigenvalue weighted by Gasteiger charge is -2.08. The van der Waals surface area contributed by atoms with Crippen LogP contribution in [0, 0.1) is 6.92 Å². The van der Waals surface area contributed by atoms with Crippen molar-refractivity contribution >= 4 is 22.2 Å². The fraction of sp³-hybridized carbons (Fsp3) is 0.333. The van der Waals surface area contributed by atoms with Crippen molar-refractivity contribution in [2.75, 3.05) is 0 Å².